The SMILES string of the molecule is CC1CCC(COc2ccncc2Br)CC1. The number of rotatable bonds is 3. The van der Waals surface area contributed by atoms with E-state index < -0.39 is 0 Å². The molecule has 1 aromatic rings. The highest BCUT2D eigenvalue weighted by Gasteiger charge is 2.18. The van der Waals surface area contributed by atoms with Gasteiger partial charge in [-0.2, -0.15) is 0 Å². The van der Waals surface area contributed by atoms with Crippen LogP contribution in [0.2, 0.25) is 0 Å². The van der Waals surface area contributed by atoms with Crippen LogP contribution in [0, 0.1) is 11.8 Å². The number of pyridine rings is 1. The maximum absolute atomic E-state index is 5.82. The molecule has 88 valence electrons. The van der Waals surface area contributed by atoms with E-state index in [1.54, 1.807) is 12.4 Å². The molecule has 16 heavy (non-hydrogen) atoms. The largest absolute Gasteiger partial charge is 0.492 e. The van der Waals surface area contributed by atoms with Crippen molar-refractivity contribution in [3.05, 3.63) is 22.9 Å². The second-order valence-electron chi connectivity index (χ2n) is 4.74. The Hall–Kier alpha value is -0.570. The number of nitrogens with zero attached hydrogens (tertiary/aromatic N) is 1. The fourth-order valence-corrected chi connectivity index (χ4v) is 2.55. The van der Waals surface area contributed by atoms with E-state index >= 15 is 0 Å². The predicted molar refractivity (Wildman–Crippen MR) is 68.6 cm³/mol. The zero-order valence-corrected chi connectivity index (χ0v) is 11.2. The average Bonchev–Trinajstić information content (AvgIpc) is 2.30. The summed E-state index contributed by atoms with van der Waals surface area (Å²) in [4.78, 5) is 4.02. The van der Waals surface area contributed by atoms with Gasteiger partial charge in [-0.3, -0.25) is 4.98 Å². The summed E-state index contributed by atoms with van der Waals surface area (Å²) in [7, 11) is 0. The third-order valence-corrected chi connectivity index (χ3v) is 3.94. The van der Waals surface area contributed by atoms with Crippen molar-refractivity contribution in [1.29, 1.82) is 0 Å². The third kappa shape index (κ3) is 3.21. The van der Waals surface area contributed by atoms with Gasteiger partial charge in [-0.25, -0.2) is 0 Å². The molecule has 1 aliphatic carbocycles. The molecule has 1 fully saturated rings. The lowest BCUT2D eigenvalue weighted by molar-refractivity contribution is 0.187. The molecule has 1 aliphatic rings. The Morgan fingerprint density at radius 2 is 2.12 bits per heavy atom. The van der Waals surface area contributed by atoms with Crippen LogP contribution < -0.4 is 4.74 Å². The molecule has 3 heteroatoms. The van der Waals surface area contributed by atoms with E-state index in [2.05, 4.69) is 27.8 Å². The van der Waals surface area contributed by atoms with Crippen LogP contribution in [0.5, 0.6) is 5.75 Å². The van der Waals surface area contributed by atoms with Crippen molar-refractivity contribution in [3.8, 4) is 5.75 Å². The van der Waals surface area contributed by atoms with Crippen molar-refractivity contribution in [2.45, 2.75) is 32.6 Å². The Labute approximate surface area is 106 Å². The minimum Gasteiger partial charge on any atom is -0.492 e. The molecule has 0 radical (unpaired) electrons. The lowest BCUT2D eigenvalue weighted by Gasteiger charge is -2.26. The summed E-state index contributed by atoms with van der Waals surface area (Å²) in [6.45, 7) is 3.19. The van der Waals surface area contributed by atoms with Crippen LogP contribution >= 0.6 is 15.9 Å². The van der Waals surface area contributed by atoms with Crippen LogP contribution in [-0.4, -0.2) is 11.6 Å². The predicted octanol–water partition coefficient (Wildman–Crippen LogP) is 4.05. The third-order valence-electron chi connectivity index (χ3n) is 3.35. The lowest BCUT2D eigenvalue weighted by Crippen LogP contribution is -2.18. The second-order valence-corrected chi connectivity index (χ2v) is 5.60. The molecule has 1 saturated carbocycles. The zero-order chi connectivity index (χ0) is 11.4. The van der Waals surface area contributed by atoms with Gasteiger partial charge in [0.2, 0.25) is 0 Å². The minimum absolute atomic E-state index is 0.733. The first-order valence-corrected chi connectivity index (χ1v) is 6.77. The molecule has 0 atom stereocenters. The Balaban J connectivity index is 1.81. The number of aromatic nitrogens is 1. The topological polar surface area (TPSA) is 22.1 Å². The molecule has 1 aromatic heterocycles. The molecule has 0 aromatic carbocycles. The molecular formula is C13H18BrNO. The lowest BCUT2D eigenvalue weighted by atomic mass is 9.83. The Kier molecular flexibility index (Phi) is 4.22. The summed E-state index contributed by atoms with van der Waals surface area (Å²) in [5, 5.41) is 0. The summed E-state index contributed by atoms with van der Waals surface area (Å²) in [5.41, 5.74) is 0. The van der Waals surface area contributed by atoms with E-state index in [1.165, 1.54) is 25.7 Å². The smallest absolute Gasteiger partial charge is 0.136 e. The van der Waals surface area contributed by atoms with Crippen molar-refractivity contribution in [3.63, 3.8) is 0 Å². The van der Waals surface area contributed by atoms with Crippen LogP contribution in [0.1, 0.15) is 32.6 Å². The number of hydrogen-bond donors (Lipinski definition) is 0. The first-order valence-electron chi connectivity index (χ1n) is 5.98. The summed E-state index contributed by atoms with van der Waals surface area (Å²) >= 11 is 3.44. The molecule has 0 unspecified atom stereocenters. The zero-order valence-electron chi connectivity index (χ0n) is 9.66. The van der Waals surface area contributed by atoms with E-state index in [0.29, 0.717) is 0 Å². The molecule has 0 aliphatic heterocycles. The van der Waals surface area contributed by atoms with E-state index in [4.69, 9.17) is 4.74 Å². The monoisotopic (exact) mass is 283 g/mol. The van der Waals surface area contributed by atoms with Crippen LogP contribution in [0.3, 0.4) is 0 Å². The molecule has 0 spiro atoms. The highest BCUT2D eigenvalue weighted by molar-refractivity contribution is 9.10. The fraction of sp³-hybridized carbons (Fsp3) is 0.615. The molecule has 2 rings (SSSR count). The maximum Gasteiger partial charge on any atom is 0.136 e. The fourth-order valence-electron chi connectivity index (χ4n) is 2.18. The normalized spacial score (nSPS) is 25.4. The summed E-state index contributed by atoms with van der Waals surface area (Å²) in [6, 6.07) is 1.91. The van der Waals surface area contributed by atoms with Crippen LogP contribution in [0.15, 0.2) is 22.9 Å². The van der Waals surface area contributed by atoms with Gasteiger partial charge in [-0.15, -0.1) is 0 Å². The van der Waals surface area contributed by atoms with Crippen molar-refractivity contribution in [2.75, 3.05) is 6.61 Å². The Bertz CT molecular complexity index is 334. The van der Waals surface area contributed by atoms with Crippen molar-refractivity contribution < 1.29 is 4.74 Å². The van der Waals surface area contributed by atoms with Crippen LogP contribution in [-0.2, 0) is 0 Å². The average molecular weight is 284 g/mol. The van der Waals surface area contributed by atoms with Gasteiger partial charge in [0, 0.05) is 12.4 Å². The quantitative estimate of drug-likeness (QED) is 0.835. The van der Waals surface area contributed by atoms with Gasteiger partial charge in [-0.05, 0) is 46.7 Å². The number of hydrogen-bond acceptors (Lipinski definition) is 2. The molecule has 2 nitrogen and oxygen atoms in total. The Morgan fingerprint density at radius 1 is 1.38 bits per heavy atom. The van der Waals surface area contributed by atoms with E-state index in [-0.39, 0.29) is 0 Å². The van der Waals surface area contributed by atoms with Gasteiger partial charge in [0.1, 0.15) is 5.75 Å². The van der Waals surface area contributed by atoms with Gasteiger partial charge in [0.15, 0.2) is 0 Å². The minimum atomic E-state index is 0.733. The van der Waals surface area contributed by atoms with Gasteiger partial charge >= 0.3 is 0 Å². The first-order chi connectivity index (χ1) is 7.75. The van der Waals surface area contributed by atoms with Crippen molar-refractivity contribution in [2.24, 2.45) is 11.8 Å². The standard InChI is InChI=1S/C13H18BrNO/c1-10-2-4-11(5-3-10)9-16-13-6-7-15-8-12(13)14/h6-8,10-11H,2-5,9H2,1H3. The molecule has 1 heterocycles. The number of ether oxygens (including phenoxy) is 1. The number of halogens is 1. The van der Waals surface area contributed by atoms with Gasteiger partial charge in [0.25, 0.3) is 0 Å². The second kappa shape index (κ2) is 5.67. The molecular weight excluding hydrogens is 266 g/mol. The highest BCUT2D eigenvalue weighted by Crippen LogP contribution is 2.30. The maximum atomic E-state index is 5.82. The van der Waals surface area contributed by atoms with E-state index in [0.717, 1.165) is 28.7 Å². The molecule has 0 N–H and O–H groups in total. The van der Waals surface area contributed by atoms with E-state index in [1.807, 2.05) is 6.07 Å². The van der Waals surface area contributed by atoms with Crippen molar-refractivity contribution in [1.82, 2.24) is 4.98 Å². The summed E-state index contributed by atoms with van der Waals surface area (Å²) in [6.07, 6.45) is 8.87. The van der Waals surface area contributed by atoms with Gasteiger partial charge in [-0.1, -0.05) is 19.8 Å². The van der Waals surface area contributed by atoms with Crippen LogP contribution in [0.4, 0.5) is 0 Å². The highest BCUT2D eigenvalue weighted by atomic mass is 79.9. The van der Waals surface area contributed by atoms with Crippen molar-refractivity contribution >= 4 is 15.9 Å². The summed E-state index contributed by atoms with van der Waals surface area (Å²) in [5.74, 6) is 2.55. The van der Waals surface area contributed by atoms with Crippen LogP contribution in [0.25, 0.3) is 0 Å². The molecule has 0 bridgehead atoms. The molecule has 0 amide bonds. The van der Waals surface area contributed by atoms with Gasteiger partial charge in [0.05, 0.1) is 11.1 Å². The van der Waals surface area contributed by atoms with E-state index in [9.17, 15) is 0 Å². The first kappa shape index (κ1) is 11.9. The van der Waals surface area contributed by atoms with Gasteiger partial charge < -0.3 is 4.74 Å². The summed E-state index contributed by atoms with van der Waals surface area (Å²) < 4.78 is 6.77. The Morgan fingerprint density at radius 3 is 2.81 bits per heavy atom. The molecule has 0 saturated heterocycles.